The second-order valence-electron chi connectivity index (χ2n) is 13.3. The first-order valence-corrected chi connectivity index (χ1v) is 15.7. The molecule has 1 saturated carbocycles. The number of aromatic nitrogens is 1. The number of carbonyl (C=O) groups excluding carboxylic acids is 2. The van der Waals surface area contributed by atoms with Gasteiger partial charge in [0.2, 0.25) is 0 Å². The van der Waals surface area contributed by atoms with Crippen molar-refractivity contribution in [3.05, 3.63) is 89.1 Å². The Morgan fingerprint density at radius 3 is 2.32 bits per heavy atom. The minimum absolute atomic E-state index is 0.0687. The summed E-state index contributed by atoms with van der Waals surface area (Å²) < 4.78 is 17.2. The quantitative estimate of drug-likeness (QED) is 0.185. The molecule has 0 radical (unpaired) electrons. The third kappa shape index (κ3) is 7.50. The molecule has 232 valence electrons. The van der Waals surface area contributed by atoms with Crippen molar-refractivity contribution in [2.24, 2.45) is 5.92 Å². The summed E-state index contributed by atoms with van der Waals surface area (Å²) in [5.41, 5.74) is 2.46. The molecule has 44 heavy (non-hydrogen) atoms. The Morgan fingerprint density at radius 1 is 0.977 bits per heavy atom. The molecule has 7 nitrogen and oxygen atoms in total. The molecule has 0 bridgehead atoms. The Morgan fingerprint density at radius 2 is 1.68 bits per heavy atom. The molecule has 1 atom stereocenters. The number of rotatable bonds is 10. The zero-order valence-corrected chi connectivity index (χ0v) is 26.7. The molecule has 4 aromatic rings. The van der Waals surface area contributed by atoms with E-state index >= 15 is 0 Å². The van der Waals surface area contributed by atoms with Crippen LogP contribution in [0.1, 0.15) is 99.5 Å². The Kier molecular flexibility index (Phi) is 9.42. The SMILES string of the molecule is COC(=O)[C@H](Cc1ccc(C(C)C)o1)NC(=O)c1cc2ccc(Oc3ccc(C(C)(C)C)cc3)cc2c(CC2CCCC2)n1. The smallest absolute Gasteiger partial charge is 0.328 e. The third-order valence-electron chi connectivity index (χ3n) is 8.48. The van der Waals surface area contributed by atoms with Crippen molar-refractivity contribution in [1.82, 2.24) is 10.3 Å². The summed E-state index contributed by atoms with van der Waals surface area (Å²) >= 11 is 0. The summed E-state index contributed by atoms with van der Waals surface area (Å²) in [6.45, 7) is 10.6. The van der Waals surface area contributed by atoms with Gasteiger partial charge in [-0.15, -0.1) is 0 Å². The molecule has 1 amide bonds. The molecular weight excluding hydrogens is 552 g/mol. The van der Waals surface area contributed by atoms with Gasteiger partial charge < -0.3 is 19.2 Å². The number of amides is 1. The molecule has 2 heterocycles. The summed E-state index contributed by atoms with van der Waals surface area (Å²) in [5.74, 6) is 2.70. The number of ether oxygens (including phenoxy) is 2. The first kappa shape index (κ1) is 31.3. The van der Waals surface area contributed by atoms with Crippen LogP contribution in [0.5, 0.6) is 11.5 Å². The fraction of sp³-hybridized carbons (Fsp3) is 0.432. The van der Waals surface area contributed by atoms with Crippen molar-refractivity contribution < 1.29 is 23.5 Å². The Labute approximate surface area is 260 Å². The van der Waals surface area contributed by atoms with Gasteiger partial charge in [0.15, 0.2) is 0 Å². The zero-order valence-electron chi connectivity index (χ0n) is 26.7. The fourth-order valence-corrected chi connectivity index (χ4v) is 5.86. The van der Waals surface area contributed by atoms with E-state index in [1.807, 2.05) is 56.3 Å². The van der Waals surface area contributed by atoms with E-state index in [0.29, 0.717) is 11.7 Å². The van der Waals surface area contributed by atoms with Gasteiger partial charge in [0, 0.05) is 23.4 Å². The number of methoxy groups -OCH3 is 1. The van der Waals surface area contributed by atoms with Crippen LogP contribution < -0.4 is 10.1 Å². The highest BCUT2D eigenvalue weighted by Crippen LogP contribution is 2.33. The molecule has 2 aromatic heterocycles. The number of pyridine rings is 1. The predicted molar refractivity (Wildman–Crippen MR) is 172 cm³/mol. The van der Waals surface area contributed by atoms with Gasteiger partial charge >= 0.3 is 5.97 Å². The van der Waals surface area contributed by atoms with Crippen LogP contribution in [0.2, 0.25) is 0 Å². The lowest BCUT2D eigenvalue weighted by molar-refractivity contribution is -0.142. The van der Waals surface area contributed by atoms with Crippen LogP contribution in [0.4, 0.5) is 0 Å². The van der Waals surface area contributed by atoms with Crippen molar-refractivity contribution in [3.8, 4) is 11.5 Å². The van der Waals surface area contributed by atoms with Crippen LogP contribution >= 0.6 is 0 Å². The minimum atomic E-state index is -0.908. The molecular formula is C37H44N2O5. The van der Waals surface area contributed by atoms with Crippen LogP contribution in [0, 0.1) is 5.92 Å². The van der Waals surface area contributed by atoms with E-state index < -0.39 is 17.9 Å². The van der Waals surface area contributed by atoms with Gasteiger partial charge in [-0.2, -0.15) is 0 Å². The van der Waals surface area contributed by atoms with Gasteiger partial charge in [-0.25, -0.2) is 9.78 Å². The van der Waals surface area contributed by atoms with Gasteiger partial charge in [0.1, 0.15) is 34.8 Å². The third-order valence-corrected chi connectivity index (χ3v) is 8.48. The van der Waals surface area contributed by atoms with Gasteiger partial charge in [-0.1, -0.05) is 78.5 Å². The van der Waals surface area contributed by atoms with E-state index in [1.165, 1.54) is 25.5 Å². The average molecular weight is 597 g/mol. The van der Waals surface area contributed by atoms with Crippen molar-refractivity contribution in [3.63, 3.8) is 0 Å². The van der Waals surface area contributed by atoms with Crippen LogP contribution in [0.25, 0.3) is 10.8 Å². The molecule has 0 aliphatic heterocycles. The van der Waals surface area contributed by atoms with Crippen molar-refractivity contribution >= 4 is 22.6 Å². The van der Waals surface area contributed by atoms with E-state index in [4.69, 9.17) is 18.9 Å². The minimum Gasteiger partial charge on any atom is -0.467 e. The van der Waals surface area contributed by atoms with Gasteiger partial charge in [0.05, 0.1) is 7.11 Å². The summed E-state index contributed by atoms with van der Waals surface area (Å²) in [4.78, 5) is 31.1. The lowest BCUT2D eigenvalue weighted by Gasteiger charge is -2.19. The largest absolute Gasteiger partial charge is 0.467 e. The van der Waals surface area contributed by atoms with Crippen LogP contribution in [-0.2, 0) is 27.8 Å². The summed E-state index contributed by atoms with van der Waals surface area (Å²) in [5, 5.41) is 4.72. The maximum Gasteiger partial charge on any atom is 0.328 e. The maximum absolute atomic E-state index is 13.6. The first-order valence-electron chi connectivity index (χ1n) is 15.7. The standard InChI is InChI=1S/C37H44N2O5/c1-23(2)34-18-17-29(44-34)22-33(36(41)42-6)39-35(40)32-20-25-11-14-28(43-27-15-12-26(13-16-27)37(3,4)5)21-30(25)31(38-32)19-24-9-7-8-10-24/h11-18,20-21,23-24,33H,7-10,19,22H2,1-6H3,(H,39,40)/t33-/m0/s1. The van der Waals surface area contributed by atoms with E-state index in [2.05, 4.69) is 38.2 Å². The molecule has 0 spiro atoms. The van der Waals surface area contributed by atoms with Gasteiger partial charge in [-0.05, 0) is 71.2 Å². The molecule has 5 rings (SSSR count). The molecule has 0 unspecified atom stereocenters. The highest BCUT2D eigenvalue weighted by atomic mass is 16.5. The van der Waals surface area contributed by atoms with E-state index in [0.717, 1.165) is 53.0 Å². The predicted octanol–water partition coefficient (Wildman–Crippen LogP) is 8.29. The van der Waals surface area contributed by atoms with Crippen LogP contribution in [-0.4, -0.2) is 30.0 Å². The van der Waals surface area contributed by atoms with Gasteiger partial charge in [-0.3, -0.25) is 4.79 Å². The second-order valence-corrected chi connectivity index (χ2v) is 13.3. The number of carbonyl (C=O) groups is 2. The Hall–Kier alpha value is -4.13. The molecule has 0 saturated heterocycles. The highest BCUT2D eigenvalue weighted by molar-refractivity contribution is 5.99. The number of furan rings is 1. The van der Waals surface area contributed by atoms with Crippen molar-refractivity contribution in [2.45, 2.75) is 90.5 Å². The molecule has 7 heteroatoms. The zero-order chi connectivity index (χ0) is 31.4. The normalized spacial score (nSPS) is 14.6. The summed E-state index contributed by atoms with van der Waals surface area (Å²) in [7, 11) is 1.32. The topological polar surface area (TPSA) is 90.7 Å². The first-order chi connectivity index (χ1) is 21.0. The average Bonchev–Trinajstić information content (AvgIpc) is 3.69. The maximum atomic E-state index is 13.6. The number of nitrogens with zero attached hydrogens (tertiary/aromatic N) is 1. The number of benzene rings is 2. The van der Waals surface area contributed by atoms with Crippen molar-refractivity contribution in [2.75, 3.05) is 7.11 Å². The second kappa shape index (κ2) is 13.2. The molecule has 1 N–H and O–H groups in total. The molecule has 1 fully saturated rings. The monoisotopic (exact) mass is 596 g/mol. The lowest BCUT2D eigenvalue weighted by atomic mass is 9.87. The van der Waals surface area contributed by atoms with E-state index in [-0.39, 0.29) is 23.4 Å². The number of esters is 1. The fourth-order valence-electron chi connectivity index (χ4n) is 5.86. The van der Waals surface area contributed by atoms with Crippen LogP contribution in [0.15, 0.2) is 65.1 Å². The summed E-state index contributed by atoms with van der Waals surface area (Å²) in [6, 6.07) is 18.7. The number of fused-ring (bicyclic) bond motifs is 1. The Bertz CT molecular complexity index is 1610. The summed E-state index contributed by atoms with van der Waals surface area (Å²) in [6.07, 6.45) is 5.71. The van der Waals surface area contributed by atoms with E-state index in [9.17, 15) is 9.59 Å². The number of nitrogens with one attached hydrogen (secondary N) is 1. The lowest BCUT2D eigenvalue weighted by Crippen LogP contribution is -2.43. The highest BCUT2D eigenvalue weighted by Gasteiger charge is 2.26. The molecule has 1 aliphatic carbocycles. The van der Waals surface area contributed by atoms with Crippen molar-refractivity contribution in [1.29, 1.82) is 0 Å². The molecule has 1 aliphatic rings. The number of hydrogen-bond acceptors (Lipinski definition) is 6. The van der Waals surface area contributed by atoms with E-state index in [1.54, 1.807) is 6.07 Å². The number of hydrogen-bond donors (Lipinski definition) is 1. The van der Waals surface area contributed by atoms with Crippen LogP contribution in [0.3, 0.4) is 0 Å². The Balaban J connectivity index is 1.42. The molecule has 2 aromatic carbocycles. The van der Waals surface area contributed by atoms with Gasteiger partial charge in [0.25, 0.3) is 5.91 Å².